The van der Waals surface area contributed by atoms with Crippen LogP contribution in [0.4, 0.5) is 16.6 Å². The van der Waals surface area contributed by atoms with Crippen molar-refractivity contribution in [3.05, 3.63) is 77.4 Å². The van der Waals surface area contributed by atoms with Gasteiger partial charge in [-0.15, -0.1) is 0 Å². The molecule has 0 radical (unpaired) electrons. The van der Waals surface area contributed by atoms with Gasteiger partial charge >= 0.3 is 0 Å². The Labute approximate surface area is 202 Å². The Hall–Kier alpha value is -2.96. The number of rotatable bonds is 5. The summed E-state index contributed by atoms with van der Waals surface area (Å²) in [6, 6.07) is 20.1. The highest BCUT2D eigenvalue weighted by Gasteiger charge is 2.32. The van der Waals surface area contributed by atoms with Gasteiger partial charge in [-0.3, -0.25) is 9.69 Å². The van der Waals surface area contributed by atoms with Gasteiger partial charge in [0.25, 0.3) is 0 Å². The van der Waals surface area contributed by atoms with Crippen molar-refractivity contribution in [2.24, 2.45) is 5.92 Å². The number of fused-ring (bicyclic) bond motifs is 1. The summed E-state index contributed by atoms with van der Waals surface area (Å²) >= 11 is 7.54. The second-order valence-corrected chi connectivity index (χ2v) is 9.70. The summed E-state index contributed by atoms with van der Waals surface area (Å²) in [5, 5.41) is 1.36. The van der Waals surface area contributed by atoms with Crippen LogP contribution in [0.2, 0.25) is 5.02 Å². The van der Waals surface area contributed by atoms with Gasteiger partial charge in [-0.2, -0.15) is 0 Å². The lowest BCUT2D eigenvalue weighted by Gasteiger charge is -2.34. The third-order valence-electron chi connectivity index (χ3n) is 6.18. The normalized spacial score (nSPS) is 14.5. The molecular weight excluding hydrogens is 452 g/mol. The van der Waals surface area contributed by atoms with Crippen LogP contribution in [0.1, 0.15) is 25.3 Å². The molecule has 33 heavy (non-hydrogen) atoms. The summed E-state index contributed by atoms with van der Waals surface area (Å²) in [7, 11) is 0. The zero-order valence-corrected chi connectivity index (χ0v) is 20.0. The fraction of sp³-hybridized carbons (Fsp3) is 0.269. The molecule has 5 nitrogen and oxygen atoms in total. The number of carbonyl (C=O) groups excluding carboxylic acids is 1. The van der Waals surface area contributed by atoms with Gasteiger partial charge in [-0.1, -0.05) is 54.1 Å². The van der Waals surface area contributed by atoms with Crippen LogP contribution < -0.4 is 9.80 Å². The maximum absolute atomic E-state index is 13.9. The molecule has 0 spiro atoms. The number of piperidine rings is 1. The maximum Gasteiger partial charge on any atom is 0.236 e. The van der Waals surface area contributed by atoms with E-state index in [0.717, 1.165) is 59.2 Å². The summed E-state index contributed by atoms with van der Waals surface area (Å²) in [6.07, 6.45) is 4.19. The third kappa shape index (κ3) is 4.59. The molecule has 168 valence electrons. The first-order valence-electron chi connectivity index (χ1n) is 11.3. The number of thiazole rings is 1. The second kappa shape index (κ2) is 9.49. The summed E-state index contributed by atoms with van der Waals surface area (Å²) in [6.45, 7) is 3.70. The molecule has 2 aromatic heterocycles. The first-order chi connectivity index (χ1) is 16.1. The number of aromatic nitrogens is 2. The van der Waals surface area contributed by atoms with E-state index in [1.807, 2.05) is 47.4 Å². The van der Waals surface area contributed by atoms with Crippen LogP contribution in [-0.4, -0.2) is 29.0 Å². The Morgan fingerprint density at radius 3 is 2.52 bits per heavy atom. The van der Waals surface area contributed by atoms with Gasteiger partial charge in [0, 0.05) is 25.2 Å². The van der Waals surface area contributed by atoms with Crippen molar-refractivity contribution in [3.63, 3.8) is 0 Å². The molecule has 4 aromatic rings. The highest BCUT2D eigenvalue weighted by atomic mass is 35.5. The monoisotopic (exact) mass is 476 g/mol. The molecule has 1 fully saturated rings. The number of pyridine rings is 1. The quantitative estimate of drug-likeness (QED) is 0.330. The number of nitrogens with zero attached hydrogens (tertiary/aromatic N) is 4. The van der Waals surface area contributed by atoms with Crippen LogP contribution in [-0.2, 0) is 11.2 Å². The van der Waals surface area contributed by atoms with Gasteiger partial charge in [-0.25, -0.2) is 9.97 Å². The Bertz CT molecular complexity index is 1210. The van der Waals surface area contributed by atoms with Gasteiger partial charge < -0.3 is 4.90 Å². The van der Waals surface area contributed by atoms with Gasteiger partial charge in [0.15, 0.2) is 5.13 Å². The van der Waals surface area contributed by atoms with Crippen LogP contribution in [0, 0.1) is 5.92 Å². The standard InChI is InChI=1S/C26H25ClN4OS/c1-2-18-7-10-21(11-8-18)31(26-29-22-5-3-4-6-23(22)33-26)25(32)19-13-15-30(16-14-19)24-12-9-20(27)17-28-24/h3-12,17,19H,2,13-16H2,1H3. The molecule has 0 bridgehead atoms. The van der Waals surface area contributed by atoms with Crippen LogP contribution in [0.5, 0.6) is 0 Å². The van der Waals surface area contributed by atoms with E-state index in [1.165, 1.54) is 5.56 Å². The van der Waals surface area contributed by atoms with E-state index in [-0.39, 0.29) is 11.8 Å². The molecule has 2 aromatic carbocycles. The number of anilines is 3. The molecular formula is C26H25ClN4OS. The van der Waals surface area contributed by atoms with Crippen LogP contribution in [0.25, 0.3) is 10.2 Å². The van der Waals surface area contributed by atoms with Crippen LogP contribution >= 0.6 is 22.9 Å². The van der Waals surface area contributed by atoms with Crippen molar-refractivity contribution < 1.29 is 4.79 Å². The Balaban J connectivity index is 1.41. The summed E-state index contributed by atoms with van der Waals surface area (Å²) in [5.74, 6) is 0.955. The molecule has 7 heteroatoms. The maximum atomic E-state index is 13.9. The van der Waals surface area contributed by atoms with E-state index in [9.17, 15) is 4.79 Å². The second-order valence-electron chi connectivity index (χ2n) is 8.25. The average Bonchev–Trinajstić information content (AvgIpc) is 3.29. The van der Waals surface area contributed by atoms with Crippen molar-refractivity contribution in [2.45, 2.75) is 26.2 Å². The van der Waals surface area contributed by atoms with Gasteiger partial charge in [0.05, 0.1) is 20.9 Å². The first kappa shape index (κ1) is 21.9. The number of benzene rings is 2. The van der Waals surface area contributed by atoms with E-state index in [0.29, 0.717) is 5.02 Å². The lowest BCUT2D eigenvalue weighted by molar-refractivity contribution is -0.122. The first-order valence-corrected chi connectivity index (χ1v) is 12.5. The van der Waals surface area contributed by atoms with Crippen molar-refractivity contribution in [3.8, 4) is 0 Å². The smallest absolute Gasteiger partial charge is 0.236 e. The molecule has 1 saturated heterocycles. The number of aryl methyl sites for hydroxylation is 1. The SMILES string of the molecule is CCc1ccc(N(C(=O)C2CCN(c3ccc(Cl)cn3)CC2)c2nc3ccccc3s2)cc1. The molecule has 0 unspecified atom stereocenters. The minimum Gasteiger partial charge on any atom is -0.357 e. The van der Waals surface area contributed by atoms with Crippen LogP contribution in [0.3, 0.4) is 0 Å². The highest BCUT2D eigenvalue weighted by Crippen LogP contribution is 2.36. The molecule has 1 aliphatic rings. The number of hydrogen-bond donors (Lipinski definition) is 0. The van der Waals surface area contributed by atoms with E-state index >= 15 is 0 Å². The lowest BCUT2D eigenvalue weighted by Crippen LogP contribution is -2.41. The molecule has 0 N–H and O–H groups in total. The number of hydrogen-bond acceptors (Lipinski definition) is 5. The number of halogens is 1. The molecule has 0 atom stereocenters. The van der Waals surface area contributed by atoms with E-state index in [2.05, 4.69) is 35.0 Å². The minimum atomic E-state index is -0.0635. The van der Waals surface area contributed by atoms with E-state index in [1.54, 1.807) is 17.5 Å². The predicted octanol–water partition coefficient (Wildman–Crippen LogP) is 6.49. The lowest BCUT2D eigenvalue weighted by atomic mass is 9.95. The Morgan fingerprint density at radius 2 is 1.85 bits per heavy atom. The van der Waals surface area contributed by atoms with Crippen molar-refractivity contribution >= 4 is 55.7 Å². The number of carbonyl (C=O) groups is 1. The van der Waals surface area contributed by atoms with Gasteiger partial charge in [0.2, 0.25) is 5.91 Å². The van der Waals surface area contributed by atoms with E-state index in [4.69, 9.17) is 16.6 Å². The van der Waals surface area contributed by atoms with Gasteiger partial charge in [0.1, 0.15) is 5.82 Å². The van der Waals surface area contributed by atoms with Gasteiger partial charge in [-0.05, 0) is 61.2 Å². The predicted molar refractivity (Wildman–Crippen MR) is 137 cm³/mol. The summed E-state index contributed by atoms with van der Waals surface area (Å²) < 4.78 is 1.08. The fourth-order valence-corrected chi connectivity index (χ4v) is 5.37. The summed E-state index contributed by atoms with van der Waals surface area (Å²) in [5.41, 5.74) is 3.04. The largest absolute Gasteiger partial charge is 0.357 e. The number of amides is 1. The number of para-hydroxylation sites is 1. The third-order valence-corrected chi connectivity index (χ3v) is 7.42. The molecule has 5 rings (SSSR count). The van der Waals surface area contributed by atoms with Crippen LogP contribution in [0.15, 0.2) is 66.9 Å². The Kier molecular flexibility index (Phi) is 6.29. The van der Waals surface area contributed by atoms with Crippen molar-refractivity contribution in [2.75, 3.05) is 22.9 Å². The summed E-state index contributed by atoms with van der Waals surface area (Å²) in [4.78, 5) is 27.1. The molecule has 0 aliphatic carbocycles. The topological polar surface area (TPSA) is 49.3 Å². The molecule has 3 heterocycles. The van der Waals surface area contributed by atoms with Crippen molar-refractivity contribution in [1.82, 2.24) is 9.97 Å². The fourth-order valence-electron chi connectivity index (χ4n) is 4.26. The zero-order valence-electron chi connectivity index (χ0n) is 18.4. The van der Waals surface area contributed by atoms with E-state index < -0.39 is 0 Å². The van der Waals surface area contributed by atoms with Crippen molar-refractivity contribution in [1.29, 1.82) is 0 Å². The molecule has 1 aliphatic heterocycles. The zero-order chi connectivity index (χ0) is 22.8. The average molecular weight is 477 g/mol. The highest BCUT2D eigenvalue weighted by molar-refractivity contribution is 7.22. The molecule has 0 saturated carbocycles. The minimum absolute atomic E-state index is 0.0635. The molecule has 1 amide bonds. The Morgan fingerprint density at radius 1 is 1.09 bits per heavy atom.